The van der Waals surface area contributed by atoms with Crippen molar-refractivity contribution in [3.63, 3.8) is 0 Å². The molecule has 15 heavy (non-hydrogen) atoms. The Morgan fingerprint density at radius 2 is 1.80 bits per heavy atom. The van der Waals surface area contributed by atoms with Gasteiger partial charge >= 0.3 is 0 Å². The van der Waals surface area contributed by atoms with Gasteiger partial charge in [0.25, 0.3) is 0 Å². The maximum absolute atomic E-state index is 9.69. The first-order chi connectivity index (χ1) is 6.93. The Balaban J connectivity index is 3.07. The van der Waals surface area contributed by atoms with E-state index >= 15 is 0 Å². The van der Waals surface area contributed by atoms with Crippen LogP contribution in [0.15, 0.2) is 18.2 Å². The third kappa shape index (κ3) is 3.25. The molecule has 0 amide bonds. The van der Waals surface area contributed by atoms with E-state index in [1.807, 2.05) is 19.9 Å². The van der Waals surface area contributed by atoms with Crippen molar-refractivity contribution in [3.05, 3.63) is 34.3 Å². The highest BCUT2D eigenvalue weighted by atomic mass is 35.5. The Kier molecular flexibility index (Phi) is 4.72. The number of benzene rings is 1. The standard InChI is InChI=1S/C11H13Cl3O/c1-6(2)8-5-7(3-4-9(8)12)10(15)11(13)14/h3-6,10-11,15H,1-2H3. The second kappa shape index (κ2) is 5.40. The van der Waals surface area contributed by atoms with Crippen molar-refractivity contribution in [1.82, 2.24) is 0 Å². The normalized spacial score (nSPS) is 13.6. The summed E-state index contributed by atoms with van der Waals surface area (Å²) in [7, 11) is 0. The molecular weight excluding hydrogens is 254 g/mol. The van der Waals surface area contributed by atoms with Crippen molar-refractivity contribution >= 4 is 34.8 Å². The lowest BCUT2D eigenvalue weighted by molar-refractivity contribution is 0.192. The van der Waals surface area contributed by atoms with Gasteiger partial charge < -0.3 is 5.11 Å². The third-order valence-electron chi connectivity index (χ3n) is 2.22. The highest BCUT2D eigenvalue weighted by molar-refractivity contribution is 6.44. The molecule has 0 bridgehead atoms. The van der Waals surface area contributed by atoms with Gasteiger partial charge in [0.2, 0.25) is 0 Å². The lowest BCUT2D eigenvalue weighted by Gasteiger charge is -2.15. The molecule has 0 saturated carbocycles. The first-order valence-electron chi connectivity index (χ1n) is 4.69. The van der Waals surface area contributed by atoms with Crippen LogP contribution in [0.2, 0.25) is 5.02 Å². The van der Waals surface area contributed by atoms with Crippen LogP contribution in [0.5, 0.6) is 0 Å². The zero-order valence-corrected chi connectivity index (χ0v) is 10.8. The molecular formula is C11H13Cl3O. The molecule has 1 rings (SSSR count). The van der Waals surface area contributed by atoms with Gasteiger partial charge in [0.1, 0.15) is 10.9 Å². The van der Waals surface area contributed by atoms with Gasteiger partial charge in [0.15, 0.2) is 0 Å². The average Bonchev–Trinajstić information content (AvgIpc) is 2.16. The van der Waals surface area contributed by atoms with Gasteiger partial charge in [0.05, 0.1) is 0 Å². The number of alkyl halides is 2. The summed E-state index contributed by atoms with van der Waals surface area (Å²) in [6.07, 6.45) is -0.872. The van der Waals surface area contributed by atoms with E-state index in [4.69, 9.17) is 34.8 Å². The molecule has 0 radical (unpaired) electrons. The van der Waals surface area contributed by atoms with Crippen molar-refractivity contribution in [2.75, 3.05) is 0 Å². The number of halogens is 3. The van der Waals surface area contributed by atoms with Gasteiger partial charge in [-0.3, -0.25) is 0 Å². The molecule has 0 aliphatic heterocycles. The smallest absolute Gasteiger partial charge is 0.137 e. The van der Waals surface area contributed by atoms with Gasteiger partial charge in [-0.05, 0) is 23.1 Å². The molecule has 0 heterocycles. The van der Waals surface area contributed by atoms with Crippen LogP contribution in [0.3, 0.4) is 0 Å². The summed E-state index contributed by atoms with van der Waals surface area (Å²) in [5.74, 6) is 0.300. The fourth-order valence-electron chi connectivity index (χ4n) is 1.33. The summed E-state index contributed by atoms with van der Waals surface area (Å²) in [4.78, 5) is -0.828. The van der Waals surface area contributed by atoms with Crippen molar-refractivity contribution < 1.29 is 5.11 Å². The third-order valence-corrected chi connectivity index (χ3v) is 3.04. The highest BCUT2D eigenvalue weighted by Gasteiger charge is 2.17. The molecule has 0 aliphatic rings. The predicted octanol–water partition coefficient (Wildman–Crippen LogP) is 4.30. The number of hydrogen-bond acceptors (Lipinski definition) is 1. The van der Waals surface area contributed by atoms with E-state index in [0.717, 1.165) is 5.56 Å². The van der Waals surface area contributed by atoms with E-state index in [1.54, 1.807) is 12.1 Å². The quantitative estimate of drug-likeness (QED) is 0.810. The molecule has 1 atom stereocenters. The zero-order valence-electron chi connectivity index (χ0n) is 8.55. The van der Waals surface area contributed by atoms with E-state index < -0.39 is 10.9 Å². The van der Waals surface area contributed by atoms with Gasteiger partial charge in [-0.2, -0.15) is 0 Å². The zero-order chi connectivity index (χ0) is 11.6. The van der Waals surface area contributed by atoms with Crippen LogP contribution in [0, 0.1) is 0 Å². The van der Waals surface area contributed by atoms with Crippen LogP contribution in [0.25, 0.3) is 0 Å². The van der Waals surface area contributed by atoms with Gasteiger partial charge in [-0.1, -0.05) is 37.6 Å². The van der Waals surface area contributed by atoms with Crippen molar-refractivity contribution in [1.29, 1.82) is 0 Å². The molecule has 4 heteroatoms. The second-order valence-corrected chi connectivity index (χ2v) is 5.29. The summed E-state index contributed by atoms with van der Waals surface area (Å²) in [5.41, 5.74) is 1.68. The Bertz CT molecular complexity index is 337. The van der Waals surface area contributed by atoms with Crippen LogP contribution in [-0.4, -0.2) is 9.94 Å². The Labute approximate surface area is 105 Å². The summed E-state index contributed by atoms with van der Waals surface area (Å²) < 4.78 is 0. The number of aliphatic hydroxyl groups is 1. The molecule has 84 valence electrons. The lowest BCUT2D eigenvalue weighted by atomic mass is 9.99. The number of aliphatic hydroxyl groups excluding tert-OH is 1. The minimum Gasteiger partial charge on any atom is -0.386 e. The van der Waals surface area contributed by atoms with Gasteiger partial charge in [-0.25, -0.2) is 0 Å². The van der Waals surface area contributed by atoms with E-state index in [0.29, 0.717) is 16.5 Å². The molecule has 0 spiro atoms. The van der Waals surface area contributed by atoms with Crippen molar-refractivity contribution in [2.24, 2.45) is 0 Å². The van der Waals surface area contributed by atoms with Crippen LogP contribution >= 0.6 is 34.8 Å². The van der Waals surface area contributed by atoms with Crippen LogP contribution in [-0.2, 0) is 0 Å². The Morgan fingerprint density at radius 1 is 1.20 bits per heavy atom. The van der Waals surface area contributed by atoms with Gasteiger partial charge in [-0.15, -0.1) is 23.2 Å². The predicted molar refractivity (Wildman–Crippen MR) is 66.0 cm³/mol. The highest BCUT2D eigenvalue weighted by Crippen LogP contribution is 2.30. The van der Waals surface area contributed by atoms with E-state index in [-0.39, 0.29) is 0 Å². The molecule has 1 aromatic rings. The molecule has 0 aromatic heterocycles. The average molecular weight is 268 g/mol. The molecule has 1 N–H and O–H groups in total. The van der Waals surface area contributed by atoms with Gasteiger partial charge in [0, 0.05) is 5.02 Å². The first-order valence-corrected chi connectivity index (χ1v) is 5.94. The second-order valence-electron chi connectivity index (χ2n) is 3.71. The number of rotatable bonds is 3. The first kappa shape index (κ1) is 13.1. The monoisotopic (exact) mass is 266 g/mol. The fraction of sp³-hybridized carbons (Fsp3) is 0.455. The molecule has 0 aliphatic carbocycles. The molecule has 0 fully saturated rings. The molecule has 1 nitrogen and oxygen atoms in total. The maximum Gasteiger partial charge on any atom is 0.137 e. The van der Waals surface area contributed by atoms with Crippen LogP contribution < -0.4 is 0 Å². The van der Waals surface area contributed by atoms with E-state index in [1.165, 1.54) is 0 Å². The fourth-order valence-corrected chi connectivity index (χ4v) is 1.96. The summed E-state index contributed by atoms with van der Waals surface area (Å²) in [5, 5.41) is 10.4. The molecule has 1 aromatic carbocycles. The maximum atomic E-state index is 9.69. The summed E-state index contributed by atoms with van der Waals surface area (Å²) in [6, 6.07) is 5.33. The minimum absolute atomic E-state index is 0.300. The summed E-state index contributed by atoms with van der Waals surface area (Å²) >= 11 is 17.3. The summed E-state index contributed by atoms with van der Waals surface area (Å²) in [6.45, 7) is 4.08. The van der Waals surface area contributed by atoms with E-state index in [2.05, 4.69) is 0 Å². The van der Waals surface area contributed by atoms with Crippen LogP contribution in [0.1, 0.15) is 37.0 Å². The topological polar surface area (TPSA) is 20.2 Å². The van der Waals surface area contributed by atoms with Crippen molar-refractivity contribution in [3.8, 4) is 0 Å². The lowest BCUT2D eigenvalue weighted by Crippen LogP contribution is -2.06. The largest absolute Gasteiger partial charge is 0.386 e. The van der Waals surface area contributed by atoms with E-state index in [9.17, 15) is 5.11 Å². The SMILES string of the molecule is CC(C)c1cc(C(O)C(Cl)Cl)ccc1Cl. The number of hydrogen-bond donors (Lipinski definition) is 1. The molecule has 0 saturated heterocycles. The van der Waals surface area contributed by atoms with Crippen molar-refractivity contribution in [2.45, 2.75) is 30.7 Å². The Morgan fingerprint density at radius 3 is 2.27 bits per heavy atom. The van der Waals surface area contributed by atoms with Crippen LogP contribution in [0.4, 0.5) is 0 Å². The Hall–Kier alpha value is 0.0500. The molecule has 1 unspecified atom stereocenters. The minimum atomic E-state index is -0.872.